The Morgan fingerprint density at radius 2 is 1.77 bits per heavy atom. The van der Waals surface area contributed by atoms with Gasteiger partial charge >= 0.3 is 6.03 Å². The van der Waals surface area contributed by atoms with Gasteiger partial charge in [0.15, 0.2) is 0 Å². The summed E-state index contributed by atoms with van der Waals surface area (Å²) >= 11 is 0. The molecule has 2 N–H and O–H groups in total. The van der Waals surface area contributed by atoms with E-state index in [1.54, 1.807) is 17.3 Å². The summed E-state index contributed by atoms with van der Waals surface area (Å²) in [5.74, 6) is 0. The molecule has 0 atom stereocenters. The fraction of sp³-hybridized carbons (Fsp3) is 0.312. The summed E-state index contributed by atoms with van der Waals surface area (Å²) in [6.45, 7) is 1.87. The van der Waals surface area contributed by atoms with Crippen LogP contribution in [0.2, 0.25) is 0 Å². The number of nitrogens with one attached hydrogen (secondary N) is 2. The van der Waals surface area contributed by atoms with Crippen LogP contribution in [0.5, 0.6) is 0 Å². The molecule has 0 spiro atoms. The summed E-state index contributed by atoms with van der Waals surface area (Å²) in [5, 5.41) is 6.40. The van der Waals surface area contributed by atoms with Crippen LogP contribution in [0.3, 0.4) is 0 Å². The molecule has 2 heterocycles. The van der Waals surface area contributed by atoms with Crippen molar-refractivity contribution < 1.29 is 4.79 Å². The molecule has 0 aliphatic carbocycles. The van der Waals surface area contributed by atoms with Gasteiger partial charge in [-0.2, -0.15) is 0 Å². The van der Waals surface area contributed by atoms with Gasteiger partial charge in [0.25, 0.3) is 0 Å². The molecule has 22 heavy (non-hydrogen) atoms. The molecule has 114 valence electrons. The summed E-state index contributed by atoms with van der Waals surface area (Å²) in [6.07, 6.45) is 6.63. The highest BCUT2D eigenvalue weighted by molar-refractivity contribution is 5.99. The molecule has 2 amide bonds. The van der Waals surface area contributed by atoms with Gasteiger partial charge in [-0.25, -0.2) is 14.8 Å². The minimum absolute atomic E-state index is 0.145. The number of piperidine rings is 1. The first-order valence-corrected chi connectivity index (χ1v) is 7.46. The average Bonchev–Trinajstić information content (AvgIpc) is 2.58. The fourth-order valence-corrected chi connectivity index (χ4v) is 2.57. The van der Waals surface area contributed by atoms with Crippen molar-refractivity contribution in [3.8, 4) is 0 Å². The van der Waals surface area contributed by atoms with Crippen LogP contribution < -0.4 is 15.5 Å². The van der Waals surface area contributed by atoms with Crippen molar-refractivity contribution >= 4 is 17.4 Å². The number of hydrogen-bond donors (Lipinski definition) is 2. The zero-order valence-electron chi connectivity index (χ0n) is 12.3. The Labute approximate surface area is 129 Å². The number of rotatable bonds is 3. The third kappa shape index (κ3) is 3.40. The third-order valence-corrected chi connectivity index (χ3v) is 3.69. The lowest BCUT2D eigenvalue weighted by molar-refractivity contribution is 0.241. The zero-order valence-corrected chi connectivity index (χ0v) is 12.3. The number of amides is 2. The molecule has 1 aliphatic heterocycles. The van der Waals surface area contributed by atoms with E-state index in [1.807, 2.05) is 30.3 Å². The fourth-order valence-electron chi connectivity index (χ4n) is 2.57. The monoisotopic (exact) mass is 297 g/mol. The number of hydrogen-bond acceptors (Lipinski definition) is 4. The molecule has 6 nitrogen and oxygen atoms in total. The van der Waals surface area contributed by atoms with Crippen LogP contribution in [0.1, 0.15) is 12.8 Å². The van der Waals surface area contributed by atoms with Crippen LogP contribution in [-0.4, -0.2) is 35.1 Å². The second-order valence-corrected chi connectivity index (χ2v) is 5.24. The van der Waals surface area contributed by atoms with Crippen molar-refractivity contribution in [1.29, 1.82) is 0 Å². The summed E-state index contributed by atoms with van der Waals surface area (Å²) in [7, 11) is 0. The molecule has 0 radical (unpaired) electrons. The predicted octanol–water partition coefficient (Wildman–Crippen LogP) is 2.08. The number of aromatic nitrogens is 2. The smallest absolute Gasteiger partial charge is 0.326 e. The standard InChI is InChI=1S/C16H19N5O/c22-16(20-13-6-8-17-9-7-13)21(14-4-2-1-3-5-14)15-10-18-12-19-11-15/h1-5,10-13,17H,6-9H2,(H,20,22). The predicted molar refractivity (Wildman–Crippen MR) is 85.0 cm³/mol. The lowest BCUT2D eigenvalue weighted by atomic mass is 10.1. The Bertz CT molecular complexity index is 559. The third-order valence-electron chi connectivity index (χ3n) is 3.69. The van der Waals surface area contributed by atoms with Gasteiger partial charge in [0.05, 0.1) is 23.8 Å². The number of benzene rings is 1. The van der Waals surface area contributed by atoms with Gasteiger partial charge in [0, 0.05) is 6.04 Å². The van der Waals surface area contributed by atoms with Gasteiger partial charge in [-0.05, 0) is 38.1 Å². The van der Waals surface area contributed by atoms with Gasteiger partial charge < -0.3 is 10.6 Å². The van der Waals surface area contributed by atoms with Crippen LogP contribution in [0.15, 0.2) is 49.1 Å². The Morgan fingerprint density at radius 1 is 1.09 bits per heavy atom. The van der Waals surface area contributed by atoms with E-state index < -0.39 is 0 Å². The Hall–Kier alpha value is -2.47. The van der Waals surface area contributed by atoms with Gasteiger partial charge in [-0.3, -0.25) is 4.90 Å². The van der Waals surface area contributed by atoms with Crippen molar-refractivity contribution in [2.45, 2.75) is 18.9 Å². The van der Waals surface area contributed by atoms with Crippen LogP contribution in [0, 0.1) is 0 Å². The van der Waals surface area contributed by atoms with Gasteiger partial charge in [0.2, 0.25) is 0 Å². The highest BCUT2D eigenvalue weighted by Crippen LogP contribution is 2.24. The van der Waals surface area contributed by atoms with Crippen molar-refractivity contribution in [3.63, 3.8) is 0 Å². The molecule has 1 saturated heterocycles. The molecule has 6 heteroatoms. The van der Waals surface area contributed by atoms with Gasteiger partial charge in [-0.1, -0.05) is 18.2 Å². The highest BCUT2D eigenvalue weighted by Gasteiger charge is 2.22. The maximum absolute atomic E-state index is 12.8. The summed E-state index contributed by atoms with van der Waals surface area (Å²) in [5.41, 5.74) is 1.45. The average molecular weight is 297 g/mol. The number of anilines is 2. The molecular weight excluding hydrogens is 278 g/mol. The number of carbonyl (C=O) groups excluding carboxylic acids is 1. The minimum Gasteiger partial charge on any atom is -0.335 e. The molecule has 1 aliphatic rings. The number of para-hydroxylation sites is 1. The van der Waals surface area contributed by atoms with E-state index in [2.05, 4.69) is 20.6 Å². The summed E-state index contributed by atoms with van der Waals surface area (Å²) in [6, 6.07) is 9.59. The second-order valence-electron chi connectivity index (χ2n) is 5.24. The van der Waals surface area contributed by atoms with E-state index >= 15 is 0 Å². The van der Waals surface area contributed by atoms with Crippen molar-refractivity contribution in [2.75, 3.05) is 18.0 Å². The Kier molecular flexibility index (Phi) is 4.60. The van der Waals surface area contributed by atoms with E-state index in [4.69, 9.17) is 0 Å². The second kappa shape index (κ2) is 7.00. The molecule has 0 unspecified atom stereocenters. The maximum atomic E-state index is 12.8. The maximum Gasteiger partial charge on any atom is 0.326 e. The molecule has 2 aromatic rings. The van der Waals surface area contributed by atoms with E-state index in [1.165, 1.54) is 6.33 Å². The first-order chi connectivity index (χ1) is 10.8. The highest BCUT2D eigenvalue weighted by atomic mass is 16.2. The molecule has 0 saturated carbocycles. The van der Waals surface area contributed by atoms with Crippen molar-refractivity contribution in [3.05, 3.63) is 49.1 Å². The van der Waals surface area contributed by atoms with E-state index in [9.17, 15) is 4.79 Å². The van der Waals surface area contributed by atoms with Crippen LogP contribution in [-0.2, 0) is 0 Å². The minimum atomic E-state index is -0.145. The molecule has 0 bridgehead atoms. The van der Waals surface area contributed by atoms with Crippen molar-refractivity contribution in [1.82, 2.24) is 20.6 Å². The quantitative estimate of drug-likeness (QED) is 0.910. The van der Waals surface area contributed by atoms with Crippen LogP contribution in [0.4, 0.5) is 16.2 Å². The SMILES string of the molecule is O=C(NC1CCNCC1)N(c1ccccc1)c1cncnc1. The van der Waals surface area contributed by atoms with E-state index in [0.29, 0.717) is 5.69 Å². The van der Waals surface area contributed by atoms with E-state index in [0.717, 1.165) is 31.6 Å². The lowest BCUT2D eigenvalue weighted by Gasteiger charge is -2.28. The Morgan fingerprint density at radius 3 is 2.45 bits per heavy atom. The number of urea groups is 1. The van der Waals surface area contributed by atoms with Gasteiger partial charge in [-0.15, -0.1) is 0 Å². The van der Waals surface area contributed by atoms with Crippen molar-refractivity contribution in [2.24, 2.45) is 0 Å². The molecule has 3 rings (SSSR count). The largest absolute Gasteiger partial charge is 0.335 e. The topological polar surface area (TPSA) is 70.2 Å². The Balaban J connectivity index is 1.83. The summed E-state index contributed by atoms with van der Waals surface area (Å²) < 4.78 is 0. The lowest BCUT2D eigenvalue weighted by Crippen LogP contribution is -2.47. The molecule has 1 fully saturated rings. The van der Waals surface area contributed by atoms with E-state index in [-0.39, 0.29) is 12.1 Å². The number of carbonyl (C=O) groups is 1. The molecule has 1 aromatic heterocycles. The zero-order chi connectivity index (χ0) is 15.2. The molecular formula is C16H19N5O. The summed E-state index contributed by atoms with van der Waals surface area (Å²) in [4.78, 5) is 22.4. The number of nitrogens with zero attached hydrogens (tertiary/aromatic N) is 3. The first kappa shape index (κ1) is 14.5. The van der Waals surface area contributed by atoms with Crippen LogP contribution >= 0.6 is 0 Å². The normalized spacial score (nSPS) is 15.3. The van der Waals surface area contributed by atoms with Crippen LogP contribution in [0.25, 0.3) is 0 Å². The molecule has 1 aromatic carbocycles. The van der Waals surface area contributed by atoms with Gasteiger partial charge in [0.1, 0.15) is 6.33 Å². The first-order valence-electron chi connectivity index (χ1n) is 7.46.